The fourth-order valence-corrected chi connectivity index (χ4v) is 4.12. The predicted molar refractivity (Wildman–Crippen MR) is 127 cm³/mol. The van der Waals surface area contributed by atoms with Crippen LogP contribution in [0.3, 0.4) is 0 Å². The summed E-state index contributed by atoms with van der Waals surface area (Å²) in [5.74, 6) is -0.404. The standard InChI is InChI=1S/C27H40O5/c1-3-20(2)32-27(31)14-10-5-4-9-13-23-24(26(30)19-25(23)29)18-17-22(28)16-15-21-11-7-6-8-12-21/h4,6-9,11-12,17-18,20,22-26,28-30H,3,5,10,13-16,19H2,1-2H3/b9-4-,18-17+/t20?,22-,23?,24?,25-,26+/m0/s1. The molecule has 3 unspecified atom stereocenters. The summed E-state index contributed by atoms with van der Waals surface area (Å²) in [4.78, 5) is 11.7. The van der Waals surface area contributed by atoms with Crippen LogP contribution in [0, 0.1) is 11.8 Å². The number of benzene rings is 1. The number of hydrogen-bond acceptors (Lipinski definition) is 5. The zero-order valence-electron chi connectivity index (χ0n) is 19.5. The smallest absolute Gasteiger partial charge is 0.306 e. The average molecular weight is 445 g/mol. The fourth-order valence-electron chi connectivity index (χ4n) is 4.12. The van der Waals surface area contributed by atoms with Crippen LogP contribution in [0.2, 0.25) is 0 Å². The summed E-state index contributed by atoms with van der Waals surface area (Å²) in [6.45, 7) is 3.88. The Morgan fingerprint density at radius 1 is 1.19 bits per heavy atom. The van der Waals surface area contributed by atoms with Gasteiger partial charge in [0.25, 0.3) is 0 Å². The van der Waals surface area contributed by atoms with Crippen molar-refractivity contribution < 1.29 is 24.9 Å². The van der Waals surface area contributed by atoms with Gasteiger partial charge in [-0.3, -0.25) is 4.79 Å². The first-order valence-corrected chi connectivity index (χ1v) is 12.0. The quantitative estimate of drug-likeness (QED) is 0.239. The number of aliphatic hydroxyl groups excluding tert-OH is 3. The minimum Gasteiger partial charge on any atom is -0.463 e. The first-order valence-electron chi connectivity index (χ1n) is 12.0. The van der Waals surface area contributed by atoms with Crippen LogP contribution in [0.15, 0.2) is 54.6 Å². The molecule has 6 atom stereocenters. The van der Waals surface area contributed by atoms with Gasteiger partial charge in [0, 0.05) is 18.8 Å². The minimum absolute atomic E-state index is 0.0323. The van der Waals surface area contributed by atoms with E-state index in [9.17, 15) is 20.1 Å². The minimum atomic E-state index is -0.601. The Bertz CT molecular complexity index is 714. The second-order valence-electron chi connectivity index (χ2n) is 8.90. The lowest BCUT2D eigenvalue weighted by molar-refractivity contribution is -0.148. The van der Waals surface area contributed by atoms with Crippen LogP contribution in [-0.2, 0) is 16.0 Å². The molecule has 1 aliphatic carbocycles. The Labute approximate surface area is 192 Å². The summed E-state index contributed by atoms with van der Waals surface area (Å²) in [7, 11) is 0. The Hall–Kier alpha value is -1.95. The molecule has 0 heterocycles. The summed E-state index contributed by atoms with van der Waals surface area (Å²) in [5, 5.41) is 31.1. The van der Waals surface area contributed by atoms with E-state index < -0.39 is 18.3 Å². The maximum Gasteiger partial charge on any atom is 0.306 e. The average Bonchev–Trinajstić information content (AvgIpc) is 3.05. The molecule has 1 aliphatic rings. The van der Waals surface area contributed by atoms with Gasteiger partial charge in [-0.05, 0) is 56.9 Å². The number of aryl methyl sites for hydroxylation is 1. The van der Waals surface area contributed by atoms with Gasteiger partial charge in [-0.15, -0.1) is 0 Å². The number of ether oxygens (including phenoxy) is 1. The molecule has 0 amide bonds. The van der Waals surface area contributed by atoms with E-state index in [4.69, 9.17) is 4.74 Å². The molecule has 0 spiro atoms. The summed E-state index contributed by atoms with van der Waals surface area (Å²) < 4.78 is 5.26. The number of carbonyl (C=O) groups excluding carboxylic acids is 1. The van der Waals surface area contributed by atoms with Crippen LogP contribution in [0.1, 0.15) is 64.4 Å². The maximum absolute atomic E-state index is 11.7. The van der Waals surface area contributed by atoms with Crippen LogP contribution in [-0.4, -0.2) is 45.7 Å². The van der Waals surface area contributed by atoms with Gasteiger partial charge in [0.05, 0.1) is 24.4 Å². The van der Waals surface area contributed by atoms with Crippen molar-refractivity contribution in [1.29, 1.82) is 0 Å². The molecule has 1 fully saturated rings. The van der Waals surface area contributed by atoms with Crippen LogP contribution in [0.4, 0.5) is 0 Å². The van der Waals surface area contributed by atoms with E-state index >= 15 is 0 Å². The SMILES string of the molecule is CCC(C)OC(=O)CCC/C=C\CC1C(/C=C/[C@@H](O)CCc2ccccc2)[C@H](O)C[C@@H]1O. The van der Waals surface area contributed by atoms with Crippen LogP contribution in [0.25, 0.3) is 0 Å². The highest BCUT2D eigenvalue weighted by Gasteiger charge is 2.39. The first-order chi connectivity index (χ1) is 15.4. The van der Waals surface area contributed by atoms with Gasteiger partial charge in [0.1, 0.15) is 0 Å². The highest BCUT2D eigenvalue weighted by molar-refractivity contribution is 5.69. The number of esters is 1. The third-order valence-corrected chi connectivity index (χ3v) is 6.28. The molecule has 0 saturated heterocycles. The van der Waals surface area contributed by atoms with E-state index in [0.29, 0.717) is 25.7 Å². The second kappa shape index (κ2) is 14.2. The Balaban J connectivity index is 1.75. The van der Waals surface area contributed by atoms with E-state index in [0.717, 1.165) is 25.7 Å². The molecule has 0 aliphatic heterocycles. The first kappa shape index (κ1) is 26.3. The van der Waals surface area contributed by atoms with Crippen molar-refractivity contribution in [2.24, 2.45) is 11.8 Å². The van der Waals surface area contributed by atoms with Crippen molar-refractivity contribution in [3.05, 3.63) is 60.2 Å². The van der Waals surface area contributed by atoms with Crippen molar-refractivity contribution in [2.45, 2.75) is 89.6 Å². The van der Waals surface area contributed by atoms with Crippen LogP contribution >= 0.6 is 0 Å². The normalized spacial score (nSPS) is 25.4. The summed E-state index contributed by atoms with van der Waals surface area (Å²) in [6, 6.07) is 10.0. The summed E-state index contributed by atoms with van der Waals surface area (Å²) in [5.41, 5.74) is 1.19. The molecule has 32 heavy (non-hydrogen) atoms. The van der Waals surface area contributed by atoms with Crippen molar-refractivity contribution in [3.8, 4) is 0 Å². The molecule has 0 aromatic heterocycles. The lowest BCUT2D eigenvalue weighted by Gasteiger charge is -2.19. The van der Waals surface area contributed by atoms with Gasteiger partial charge in [-0.1, -0.05) is 61.6 Å². The van der Waals surface area contributed by atoms with Crippen molar-refractivity contribution >= 4 is 5.97 Å². The van der Waals surface area contributed by atoms with E-state index in [1.165, 1.54) is 5.56 Å². The summed E-state index contributed by atoms with van der Waals surface area (Å²) in [6.07, 6.45) is 11.1. The van der Waals surface area contributed by atoms with E-state index in [-0.39, 0.29) is 23.9 Å². The molecule has 0 radical (unpaired) electrons. The van der Waals surface area contributed by atoms with Gasteiger partial charge >= 0.3 is 5.97 Å². The third kappa shape index (κ3) is 9.27. The van der Waals surface area contributed by atoms with Crippen molar-refractivity contribution in [2.75, 3.05) is 0 Å². The zero-order chi connectivity index (χ0) is 23.3. The number of unbranched alkanes of at least 4 members (excludes halogenated alkanes) is 1. The molecule has 5 heteroatoms. The van der Waals surface area contributed by atoms with Crippen LogP contribution < -0.4 is 0 Å². The molecule has 1 aromatic rings. The van der Waals surface area contributed by atoms with Crippen LogP contribution in [0.5, 0.6) is 0 Å². The van der Waals surface area contributed by atoms with Gasteiger partial charge in [0.15, 0.2) is 0 Å². The molecule has 2 rings (SSSR count). The highest BCUT2D eigenvalue weighted by atomic mass is 16.5. The largest absolute Gasteiger partial charge is 0.463 e. The van der Waals surface area contributed by atoms with Crippen molar-refractivity contribution in [3.63, 3.8) is 0 Å². The lowest BCUT2D eigenvalue weighted by atomic mass is 9.89. The lowest BCUT2D eigenvalue weighted by Crippen LogP contribution is -2.20. The molecule has 3 N–H and O–H groups in total. The molecule has 0 bridgehead atoms. The number of rotatable bonds is 13. The monoisotopic (exact) mass is 444 g/mol. The number of carbonyl (C=O) groups is 1. The fraction of sp³-hybridized carbons (Fsp3) is 0.593. The van der Waals surface area contributed by atoms with Gasteiger partial charge in [0.2, 0.25) is 0 Å². The third-order valence-electron chi connectivity index (χ3n) is 6.28. The summed E-state index contributed by atoms with van der Waals surface area (Å²) >= 11 is 0. The Morgan fingerprint density at radius 3 is 2.66 bits per heavy atom. The van der Waals surface area contributed by atoms with E-state index in [2.05, 4.69) is 0 Å². The second-order valence-corrected chi connectivity index (χ2v) is 8.90. The number of allylic oxidation sites excluding steroid dienone is 2. The van der Waals surface area contributed by atoms with Crippen molar-refractivity contribution in [1.82, 2.24) is 0 Å². The molecule has 5 nitrogen and oxygen atoms in total. The van der Waals surface area contributed by atoms with Gasteiger partial charge in [-0.2, -0.15) is 0 Å². The Kier molecular flexibility index (Phi) is 11.7. The molecular formula is C27H40O5. The number of hydrogen-bond donors (Lipinski definition) is 3. The van der Waals surface area contributed by atoms with E-state index in [1.54, 1.807) is 6.08 Å². The topological polar surface area (TPSA) is 87.0 Å². The molecule has 1 saturated carbocycles. The van der Waals surface area contributed by atoms with Gasteiger partial charge < -0.3 is 20.1 Å². The van der Waals surface area contributed by atoms with E-state index in [1.807, 2.05) is 62.4 Å². The predicted octanol–water partition coefficient (Wildman–Crippen LogP) is 4.35. The Morgan fingerprint density at radius 2 is 1.94 bits per heavy atom. The van der Waals surface area contributed by atoms with Gasteiger partial charge in [-0.25, -0.2) is 0 Å². The zero-order valence-corrected chi connectivity index (χ0v) is 19.5. The molecular weight excluding hydrogens is 404 g/mol. The highest BCUT2D eigenvalue weighted by Crippen LogP contribution is 2.36. The number of aliphatic hydroxyl groups is 3. The maximum atomic E-state index is 11.7. The molecule has 1 aromatic carbocycles. The molecule has 178 valence electrons.